The van der Waals surface area contributed by atoms with Crippen LogP contribution in [0, 0.1) is 0 Å². The molecule has 2 amide bonds. The molecule has 2 aromatic rings. The fraction of sp³-hybridized carbons (Fsp3) is 0.300. The number of hydrogen-bond donors (Lipinski definition) is 3. The Hall–Kier alpha value is -2.86. The van der Waals surface area contributed by atoms with Crippen LogP contribution in [0.1, 0.15) is 28.9 Å². The van der Waals surface area contributed by atoms with E-state index in [4.69, 9.17) is 4.74 Å². The summed E-state index contributed by atoms with van der Waals surface area (Å²) in [5, 5.41) is 8.82. The average molecular weight is 355 g/mol. The number of amides is 2. The van der Waals surface area contributed by atoms with Crippen LogP contribution in [0.5, 0.6) is 5.75 Å². The van der Waals surface area contributed by atoms with Crippen molar-refractivity contribution in [2.75, 3.05) is 26.7 Å². The standard InChI is InChI=1S/C20H25N3O3/c1-3-21-13-14-22-20(25)18(15-7-5-4-6-8-15)23-19(24)16-9-11-17(26-2)12-10-16/h4-12,18,21H,3,13-14H2,1-2H3,(H,22,25)(H,23,24). The van der Waals surface area contributed by atoms with Gasteiger partial charge in [-0.2, -0.15) is 0 Å². The first-order valence-electron chi connectivity index (χ1n) is 8.64. The minimum absolute atomic E-state index is 0.240. The Bertz CT molecular complexity index is 702. The van der Waals surface area contributed by atoms with Gasteiger partial charge in [-0.15, -0.1) is 0 Å². The van der Waals surface area contributed by atoms with E-state index < -0.39 is 6.04 Å². The summed E-state index contributed by atoms with van der Waals surface area (Å²) < 4.78 is 5.10. The lowest BCUT2D eigenvalue weighted by Gasteiger charge is -2.19. The van der Waals surface area contributed by atoms with Crippen LogP contribution in [-0.4, -0.2) is 38.6 Å². The number of hydrogen-bond acceptors (Lipinski definition) is 4. The molecule has 6 heteroatoms. The molecule has 2 aromatic carbocycles. The quantitative estimate of drug-likeness (QED) is 0.600. The monoisotopic (exact) mass is 355 g/mol. The van der Waals surface area contributed by atoms with Crippen LogP contribution in [0.2, 0.25) is 0 Å². The Morgan fingerprint density at radius 1 is 1.00 bits per heavy atom. The molecule has 6 nitrogen and oxygen atoms in total. The van der Waals surface area contributed by atoms with Gasteiger partial charge in [0, 0.05) is 18.7 Å². The zero-order valence-corrected chi connectivity index (χ0v) is 15.1. The van der Waals surface area contributed by atoms with Gasteiger partial charge < -0.3 is 20.7 Å². The molecule has 0 heterocycles. The highest BCUT2D eigenvalue weighted by molar-refractivity contribution is 5.98. The smallest absolute Gasteiger partial charge is 0.252 e. The predicted octanol–water partition coefficient (Wildman–Crippen LogP) is 1.89. The minimum atomic E-state index is -0.757. The van der Waals surface area contributed by atoms with Crippen molar-refractivity contribution < 1.29 is 14.3 Å². The van der Waals surface area contributed by atoms with Crippen molar-refractivity contribution in [3.63, 3.8) is 0 Å². The van der Waals surface area contributed by atoms with Gasteiger partial charge in [-0.1, -0.05) is 37.3 Å². The maximum absolute atomic E-state index is 12.6. The SMILES string of the molecule is CCNCCNC(=O)C(NC(=O)c1ccc(OC)cc1)c1ccccc1. The van der Waals surface area contributed by atoms with Crippen LogP contribution in [0.25, 0.3) is 0 Å². The molecule has 26 heavy (non-hydrogen) atoms. The third kappa shape index (κ3) is 5.60. The van der Waals surface area contributed by atoms with Gasteiger partial charge in [0.25, 0.3) is 5.91 Å². The van der Waals surface area contributed by atoms with E-state index in [2.05, 4.69) is 16.0 Å². The Morgan fingerprint density at radius 3 is 2.31 bits per heavy atom. The molecule has 0 aliphatic heterocycles. The summed E-state index contributed by atoms with van der Waals surface area (Å²) in [4.78, 5) is 25.2. The summed E-state index contributed by atoms with van der Waals surface area (Å²) in [5.41, 5.74) is 1.20. The Balaban J connectivity index is 2.10. The molecular formula is C20H25N3O3. The van der Waals surface area contributed by atoms with E-state index in [1.807, 2.05) is 37.3 Å². The highest BCUT2D eigenvalue weighted by Crippen LogP contribution is 2.16. The first-order chi connectivity index (χ1) is 12.7. The van der Waals surface area contributed by atoms with Crippen LogP contribution in [0.3, 0.4) is 0 Å². The molecular weight excluding hydrogens is 330 g/mol. The molecule has 138 valence electrons. The Kier molecular flexibility index (Phi) is 7.64. The first kappa shape index (κ1) is 19.5. The van der Waals surface area contributed by atoms with Crippen molar-refractivity contribution >= 4 is 11.8 Å². The topological polar surface area (TPSA) is 79.5 Å². The molecule has 0 aliphatic carbocycles. The third-order valence-corrected chi connectivity index (χ3v) is 3.87. The van der Waals surface area contributed by atoms with Crippen LogP contribution in [0.4, 0.5) is 0 Å². The number of ether oxygens (including phenoxy) is 1. The second-order valence-electron chi connectivity index (χ2n) is 5.69. The van der Waals surface area contributed by atoms with Gasteiger partial charge in [0.2, 0.25) is 5.91 Å². The summed E-state index contributed by atoms with van der Waals surface area (Å²) in [6.07, 6.45) is 0. The van der Waals surface area contributed by atoms with E-state index in [0.29, 0.717) is 24.4 Å². The lowest BCUT2D eigenvalue weighted by molar-refractivity contribution is -0.123. The molecule has 0 bridgehead atoms. The van der Waals surface area contributed by atoms with Gasteiger partial charge in [0.1, 0.15) is 11.8 Å². The van der Waals surface area contributed by atoms with Crippen molar-refractivity contribution in [3.05, 3.63) is 65.7 Å². The van der Waals surface area contributed by atoms with Crippen molar-refractivity contribution in [3.8, 4) is 5.75 Å². The number of nitrogens with one attached hydrogen (secondary N) is 3. The maximum atomic E-state index is 12.6. The molecule has 0 aliphatic rings. The van der Waals surface area contributed by atoms with Gasteiger partial charge in [0.05, 0.1) is 7.11 Å². The number of benzene rings is 2. The van der Waals surface area contributed by atoms with Crippen molar-refractivity contribution in [2.45, 2.75) is 13.0 Å². The predicted molar refractivity (Wildman–Crippen MR) is 101 cm³/mol. The molecule has 0 fully saturated rings. The van der Waals surface area contributed by atoms with Gasteiger partial charge in [-0.3, -0.25) is 9.59 Å². The Morgan fingerprint density at radius 2 is 1.69 bits per heavy atom. The molecule has 0 saturated carbocycles. The summed E-state index contributed by atoms with van der Waals surface area (Å²) in [6.45, 7) is 4.01. The number of carbonyl (C=O) groups is 2. The normalized spacial score (nSPS) is 11.5. The lowest BCUT2D eigenvalue weighted by Crippen LogP contribution is -2.42. The van der Waals surface area contributed by atoms with E-state index in [1.54, 1.807) is 31.4 Å². The van der Waals surface area contributed by atoms with Gasteiger partial charge >= 0.3 is 0 Å². The van der Waals surface area contributed by atoms with Crippen LogP contribution < -0.4 is 20.7 Å². The zero-order valence-electron chi connectivity index (χ0n) is 15.1. The van der Waals surface area contributed by atoms with E-state index in [1.165, 1.54) is 0 Å². The van der Waals surface area contributed by atoms with Gasteiger partial charge in [-0.05, 0) is 36.4 Å². The van der Waals surface area contributed by atoms with E-state index >= 15 is 0 Å². The van der Waals surface area contributed by atoms with Crippen LogP contribution in [-0.2, 0) is 4.79 Å². The van der Waals surface area contributed by atoms with E-state index in [9.17, 15) is 9.59 Å². The summed E-state index contributed by atoms with van der Waals surface area (Å²) >= 11 is 0. The minimum Gasteiger partial charge on any atom is -0.497 e. The second kappa shape index (κ2) is 10.2. The zero-order chi connectivity index (χ0) is 18.8. The van der Waals surface area contributed by atoms with Gasteiger partial charge in [-0.25, -0.2) is 0 Å². The second-order valence-corrected chi connectivity index (χ2v) is 5.69. The summed E-state index contributed by atoms with van der Waals surface area (Å²) in [7, 11) is 1.57. The number of carbonyl (C=O) groups excluding carboxylic acids is 2. The summed E-state index contributed by atoms with van der Waals surface area (Å²) in [5.74, 6) is 0.113. The molecule has 1 unspecified atom stereocenters. The maximum Gasteiger partial charge on any atom is 0.252 e. The molecule has 1 atom stereocenters. The van der Waals surface area contributed by atoms with Crippen LogP contribution in [0.15, 0.2) is 54.6 Å². The Labute approximate surface area is 153 Å². The van der Waals surface area contributed by atoms with Crippen LogP contribution >= 0.6 is 0 Å². The molecule has 0 radical (unpaired) electrons. The van der Waals surface area contributed by atoms with E-state index in [0.717, 1.165) is 12.1 Å². The number of rotatable bonds is 9. The molecule has 2 rings (SSSR count). The lowest BCUT2D eigenvalue weighted by atomic mass is 10.1. The average Bonchev–Trinajstić information content (AvgIpc) is 2.69. The number of methoxy groups -OCH3 is 1. The van der Waals surface area contributed by atoms with Crippen molar-refractivity contribution in [1.82, 2.24) is 16.0 Å². The fourth-order valence-corrected chi connectivity index (χ4v) is 2.46. The molecule has 0 aromatic heterocycles. The molecule has 0 spiro atoms. The van der Waals surface area contributed by atoms with Gasteiger partial charge in [0.15, 0.2) is 0 Å². The largest absolute Gasteiger partial charge is 0.497 e. The number of likely N-dealkylation sites (N-methyl/N-ethyl adjacent to an activating group) is 1. The van der Waals surface area contributed by atoms with Crippen molar-refractivity contribution in [2.24, 2.45) is 0 Å². The molecule has 0 saturated heterocycles. The third-order valence-electron chi connectivity index (χ3n) is 3.87. The molecule has 3 N–H and O–H groups in total. The first-order valence-corrected chi connectivity index (χ1v) is 8.64. The fourth-order valence-electron chi connectivity index (χ4n) is 2.46. The highest BCUT2D eigenvalue weighted by atomic mass is 16.5. The van der Waals surface area contributed by atoms with Crippen molar-refractivity contribution in [1.29, 1.82) is 0 Å². The van der Waals surface area contributed by atoms with E-state index in [-0.39, 0.29) is 11.8 Å². The summed E-state index contributed by atoms with van der Waals surface area (Å²) in [6, 6.07) is 15.2. The highest BCUT2D eigenvalue weighted by Gasteiger charge is 2.22.